The van der Waals surface area contributed by atoms with Crippen LogP contribution in [0.5, 0.6) is 5.75 Å². The van der Waals surface area contributed by atoms with E-state index >= 15 is 0 Å². The summed E-state index contributed by atoms with van der Waals surface area (Å²) in [6, 6.07) is 12.9. The Kier molecular flexibility index (Phi) is 5.86. The molecule has 2 amide bonds. The van der Waals surface area contributed by atoms with Gasteiger partial charge >= 0.3 is 0 Å². The fourth-order valence-corrected chi connectivity index (χ4v) is 3.26. The van der Waals surface area contributed by atoms with Crippen molar-refractivity contribution in [2.75, 3.05) is 37.7 Å². The quantitative estimate of drug-likeness (QED) is 0.855. The van der Waals surface area contributed by atoms with E-state index in [2.05, 4.69) is 30.0 Å². The fourth-order valence-electron chi connectivity index (χ4n) is 3.09. The molecule has 0 unspecified atom stereocenters. The second kappa shape index (κ2) is 8.31. The van der Waals surface area contributed by atoms with E-state index < -0.39 is 5.91 Å². The molecule has 0 atom stereocenters. The summed E-state index contributed by atoms with van der Waals surface area (Å²) in [6.45, 7) is 4.70. The average Bonchev–Trinajstić information content (AvgIpc) is 2.66. The van der Waals surface area contributed by atoms with E-state index in [9.17, 15) is 9.59 Å². The summed E-state index contributed by atoms with van der Waals surface area (Å²) in [6.07, 6.45) is 0. The first-order chi connectivity index (χ1) is 12.9. The SMILES string of the molecule is Cc1cccc(N2CCN(C(=O)COc3ccc(Cl)cc3C(N)=O)CC2)c1. The number of benzene rings is 2. The highest BCUT2D eigenvalue weighted by atomic mass is 35.5. The standard InChI is InChI=1S/C20H22ClN3O3/c1-14-3-2-4-16(11-14)23-7-9-24(10-8-23)19(25)13-27-18-6-5-15(21)12-17(18)20(22)26/h2-6,11-12H,7-10,13H2,1H3,(H2,22,26). The van der Waals surface area contributed by atoms with Crippen LogP contribution in [-0.4, -0.2) is 49.5 Å². The second-order valence-electron chi connectivity index (χ2n) is 6.50. The van der Waals surface area contributed by atoms with Crippen molar-refractivity contribution < 1.29 is 14.3 Å². The number of ether oxygens (including phenoxy) is 1. The number of piperazine rings is 1. The minimum atomic E-state index is -0.647. The summed E-state index contributed by atoms with van der Waals surface area (Å²) in [5, 5.41) is 0.384. The van der Waals surface area contributed by atoms with Crippen LogP contribution in [0.25, 0.3) is 0 Å². The van der Waals surface area contributed by atoms with Crippen molar-refractivity contribution in [2.45, 2.75) is 6.92 Å². The van der Waals surface area contributed by atoms with Gasteiger partial charge in [0.25, 0.3) is 11.8 Å². The molecule has 0 saturated carbocycles. The van der Waals surface area contributed by atoms with E-state index in [0.29, 0.717) is 18.1 Å². The van der Waals surface area contributed by atoms with Crippen molar-refractivity contribution in [1.82, 2.24) is 4.90 Å². The molecule has 1 aliphatic heterocycles. The average molecular weight is 388 g/mol. The lowest BCUT2D eigenvalue weighted by Gasteiger charge is -2.36. The maximum atomic E-state index is 12.5. The van der Waals surface area contributed by atoms with Crippen molar-refractivity contribution in [3.8, 4) is 5.75 Å². The zero-order valence-corrected chi connectivity index (χ0v) is 15.9. The van der Waals surface area contributed by atoms with Gasteiger partial charge in [-0.3, -0.25) is 9.59 Å². The van der Waals surface area contributed by atoms with Crippen LogP contribution in [0.4, 0.5) is 5.69 Å². The number of amides is 2. The molecular weight excluding hydrogens is 366 g/mol. The van der Waals surface area contributed by atoms with E-state index in [1.807, 2.05) is 6.07 Å². The molecule has 27 heavy (non-hydrogen) atoms. The smallest absolute Gasteiger partial charge is 0.260 e. The van der Waals surface area contributed by atoms with Gasteiger partial charge < -0.3 is 20.3 Å². The largest absolute Gasteiger partial charge is 0.483 e. The number of rotatable bonds is 5. The highest BCUT2D eigenvalue weighted by Crippen LogP contribution is 2.23. The Morgan fingerprint density at radius 2 is 1.85 bits per heavy atom. The summed E-state index contributed by atoms with van der Waals surface area (Å²) >= 11 is 5.88. The van der Waals surface area contributed by atoms with Gasteiger partial charge in [0.05, 0.1) is 5.56 Å². The summed E-state index contributed by atoms with van der Waals surface area (Å²) in [7, 11) is 0. The van der Waals surface area contributed by atoms with Crippen LogP contribution in [0, 0.1) is 6.92 Å². The van der Waals surface area contributed by atoms with Gasteiger partial charge in [0, 0.05) is 36.9 Å². The van der Waals surface area contributed by atoms with E-state index in [1.165, 1.54) is 17.3 Å². The number of nitrogens with zero attached hydrogens (tertiary/aromatic N) is 2. The molecule has 0 radical (unpaired) electrons. The number of nitrogens with two attached hydrogens (primary N) is 1. The molecule has 1 fully saturated rings. The predicted octanol–water partition coefficient (Wildman–Crippen LogP) is 2.47. The van der Waals surface area contributed by atoms with Gasteiger partial charge in [0.15, 0.2) is 6.61 Å². The van der Waals surface area contributed by atoms with Crippen LogP contribution in [0.15, 0.2) is 42.5 Å². The van der Waals surface area contributed by atoms with Crippen LogP contribution >= 0.6 is 11.6 Å². The van der Waals surface area contributed by atoms with E-state index in [-0.39, 0.29) is 23.8 Å². The van der Waals surface area contributed by atoms with E-state index in [4.69, 9.17) is 22.1 Å². The number of carbonyl (C=O) groups is 2. The lowest BCUT2D eigenvalue weighted by molar-refractivity contribution is -0.133. The Morgan fingerprint density at radius 1 is 1.11 bits per heavy atom. The molecule has 0 bridgehead atoms. The maximum Gasteiger partial charge on any atom is 0.260 e. The van der Waals surface area contributed by atoms with Gasteiger partial charge in [-0.15, -0.1) is 0 Å². The summed E-state index contributed by atoms with van der Waals surface area (Å²) < 4.78 is 5.53. The lowest BCUT2D eigenvalue weighted by atomic mass is 10.2. The van der Waals surface area contributed by atoms with Gasteiger partial charge in [0.2, 0.25) is 0 Å². The molecular formula is C20H22ClN3O3. The molecule has 2 aromatic carbocycles. The Morgan fingerprint density at radius 3 is 2.52 bits per heavy atom. The first-order valence-electron chi connectivity index (χ1n) is 8.75. The molecule has 0 aromatic heterocycles. The fraction of sp³-hybridized carbons (Fsp3) is 0.300. The maximum absolute atomic E-state index is 12.5. The van der Waals surface area contributed by atoms with Crippen LogP contribution in [0.3, 0.4) is 0 Å². The first-order valence-corrected chi connectivity index (χ1v) is 9.13. The Labute approximate surface area is 163 Å². The predicted molar refractivity (Wildman–Crippen MR) is 105 cm³/mol. The molecule has 6 nitrogen and oxygen atoms in total. The van der Waals surface area contributed by atoms with Crippen LogP contribution in [0.1, 0.15) is 15.9 Å². The van der Waals surface area contributed by atoms with Crippen molar-refractivity contribution in [3.05, 3.63) is 58.6 Å². The van der Waals surface area contributed by atoms with Gasteiger partial charge in [-0.05, 0) is 42.8 Å². The van der Waals surface area contributed by atoms with Gasteiger partial charge in [-0.1, -0.05) is 23.7 Å². The third-order valence-electron chi connectivity index (χ3n) is 4.56. The molecule has 0 aliphatic carbocycles. The van der Waals surface area contributed by atoms with Crippen molar-refractivity contribution in [2.24, 2.45) is 5.73 Å². The number of hydrogen-bond acceptors (Lipinski definition) is 4. The molecule has 2 N–H and O–H groups in total. The molecule has 7 heteroatoms. The zero-order valence-electron chi connectivity index (χ0n) is 15.2. The molecule has 1 heterocycles. The molecule has 142 valence electrons. The van der Waals surface area contributed by atoms with Crippen molar-refractivity contribution in [3.63, 3.8) is 0 Å². The third kappa shape index (κ3) is 4.71. The Balaban J connectivity index is 1.55. The number of halogens is 1. The summed E-state index contributed by atoms with van der Waals surface area (Å²) in [4.78, 5) is 28.0. The normalized spacial score (nSPS) is 14.1. The number of aryl methyl sites for hydroxylation is 1. The van der Waals surface area contributed by atoms with Crippen molar-refractivity contribution >= 4 is 29.1 Å². The number of anilines is 1. The Bertz CT molecular complexity index is 848. The zero-order chi connectivity index (χ0) is 19.4. The highest BCUT2D eigenvalue weighted by Gasteiger charge is 2.22. The van der Waals surface area contributed by atoms with E-state index in [1.54, 1.807) is 17.0 Å². The van der Waals surface area contributed by atoms with Gasteiger partial charge in [-0.2, -0.15) is 0 Å². The topological polar surface area (TPSA) is 75.9 Å². The number of primary amides is 1. The Hall–Kier alpha value is -2.73. The molecule has 1 saturated heterocycles. The minimum absolute atomic E-state index is 0.121. The van der Waals surface area contributed by atoms with E-state index in [0.717, 1.165) is 13.1 Å². The van der Waals surface area contributed by atoms with Crippen LogP contribution < -0.4 is 15.4 Å². The van der Waals surface area contributed by atoms with Gasteiger partial charge in [0.1, 0.15) is 5.75 Å². The second-order valence-corrected chi connectivity index (χ2v) is 6.94. The minimum Gasteiger partial charge on any atom is -0.483 e. The third-order valence-corrected chi connectivity index (χ3v) is 4.79. The lowest BCUT2D eigenvalue weighted by Crippen LogP contribution is -2.50. The van der Waals surface area contributed by atoms with Crippen LogP contribution in [0.2, 0.25) is 5.02 Å². The molecule has 3 rings (SSSR count). The van der Waals surface area contributed by atoms with Crippen molar-refractivity contribution in [1.29, 1.82) is 0 Å². The molecule has 1 aliphatic rings. The van der Waals surface area contributed by atoms with Crippen LogP contribution in [-0.2, 0) is 4.79 Å². The number of carbonyl (C=O) groups excluding carboxylic acids is 2. The molecule has 2 aromatic rings. The molecule has 0 spiro atoms. The highest BCUT2D eigenvalue weighted by molar-refractivity contribution is 6.31. The number of hydrogen-bond donors (Lipinski definition) is 1. The van der Waals surface area contributed by atoms with Gasteiger partial charge in [-0.25, -0.2) is 0 Å². The summed E-state index contributed by atoms with van der Waals surface area (Å²) in [5.74, 6) is -0.505. The first kappa shape index (κ1) is 19.0. The monoisotopic (exact) mass is 387 g/mol. The summed E-state index contributed by atoms with van der Waals surface area (Å²) in [5.41, 5.74) is 7.89.